The Morgan fingerprint density at radius 3 is 2.24 bits per heavy atom. The summed E-state index contributed by atoms with van der Waals surface area (Å²) in [7, 11) is -4.16. The van der Waals surface area contributed by atoms with Gasteiger partial charge in [-0.2, -0.15) is 4.31 Å². The van der Waals surface area contributed by atoms with Crippen LogP contribution in [0.3, 0.4) is 0 Å². The summed E-state index contributed by atoms with van der Waals surface area (Å²) in [6.45, 7) is 3.72. The molecule has 1 heterocycles. The van der Waals surface area contributed by atoms with Crippen molar-refractivity contribution in [1.29, 1.82) is 0 Å². The number of carboxylic acids is 1. The van der Waals surface area contributed by atoms with Crippen LogP contribution in [0.1, 0.15) is 40.8 Å². The molecule has 4 rings (SSSR count). The van der Waals surface area contributed by atoms with Crippen LogP contribution in [0.4, 0.5) is 4.39 Å². The van der Waals surface area contributed by atoms with Gasteiger partial charge in [-0.25, -0.2) is 17.6 Å². The van der Waals surface area contributed by atoms with E-state index in [1.165, 1.54) is 34.6 Å². The van der Waals surface area contributed by atoms with Gasteiger partial charge >= 0.3 is 5.97 Å². The maximum Gasteiger partial charge on any atom is 0.333 e. The van der Waals surface area contributed by atoms with E-state index in [4.69, 9.17) is 0 Å². The van der Waals surface area contributed by atoms with Crippen molar-refractivity contribution < 1.29 is 22.7 Å². The zero-order valence-electron chi connectivity index (χ0n) is 18.3. The van der Waals surface area contributed by atoms with Crippen molar-refractivity contribution in [1.82, 2.24) is 4.31 Å². The molecule has 0 radical (unpaired) electrons. The molecule has 170 valence electrons. The van der Waals surface area contributed by atoms with Crippen LogP contribution in [0.15, 0.2) is 89.3 Å². The lowest BCUT2D eigenvalue weighted by atomic mass is 9.89. The van der Waals surface area contributed by atoms with Crippen LogP contribution >= 0.6 is 0 Å². The van der Waals surface area contributed by atoms with E-state index in [0.29, 0.717) is 11.1 Å². The second-order valence-electron chi connectivity index (χ2n) is 8.24. The maximum atomic E-state index is 14.1. The quantitative estimate of drug-likeness (QED) is 0.553. The summed E-state index contributed by atoms with van der Waals surface area (Å²) >= 11 is 0. The number of aryl methyl sites for hydroxylation is 2. The minimum Gasteiger partial charge on any atom is -0.478 e. The summed E-state index contributed by atoms with van der Waals surface area (Å²) < 4.78 is 43.4. The van der Waals surface area contributed by atoms with Gasteiger partial charge in [-0.3, -0.25) is 0 Å². The summed E-state index contributed by atoms with van der Waals surface area (Å²) in [4.78, 5) is 12.3. The maximum absolute atomic E-state index is 14.1. The first kappa shape index (κ1) is 22.9. The number of halogens is 1. The van der Waals surface area contributed by atoms with Crippen molar-refractivity contribution in [2.24, 2.45) is 0 Å². The zero-order valence-corrected chi connectivity index (χ0v) is 19.1. The first-order chi connectivity index (χ1) is 15.7. The highest BCUT2D eigenvalue weighted by Gasteiger charge is 2.44. The van der Waals surface area contributed by atoms with E-state index in [0.717, 1.165) is 11.1 Å². The Morgan fingerprint density at radius 1 is 0.939 bits per heavy atom. The van der Waals surface area contributed by atoms with Crippen LogP contribution < -0.4 is 0 Å². The summed E-state index contributed by atoms with van der Waals surface area (Å²) in [6.07, 6.45) is 1.66. The van der Waals surface area contributed by atoms with Crippen molar-refractivity contribution in [3.05, 3.63) is 113 Å². The smallest absolute Gasteiger partial charge is 0.333 e. The van der Waals surface area contributed by atoms with Crippen LogP contribution in [0.2, 0.25) is 0 Å². The van der Waals surface area contributed by atoms with Crippen LogP contribution in [0.25, 0.3) is 0 Å². The van der Waals surface area contributed by atoms with Gasteiger partial charge in [0.25, 0.3) is 0 Å². The third-order valence-corrected chi connectivity index (χ3v) is 7.74. The summed E-state index contributed by atoms with van der Waals surface area (Å²) in [6, 6.07) is 17.5. The monoisotopic (exact) mass is 465 g/mol. The fourth-order valence-corrected chi connectivity index (χ4v) is 6.06. The molecular formula is C26H24FNO4S. The largest absolute Gasteiger partial charge is 0.478 e. The average Bonchev–Trinajstić information content (AvgIpc) is 2.78. The lowest BCUT2D eigenvalue weighted by Gasteiger charge is -2.40. The number of nitrogens with zero attached hydrogens (tertiary/aromatic N) is 1. The van der Waals surface area contributed by atoms with Crippen LogP contribution in [0.5, 0.6) is 0 Å². The van der Waals surface area contributed by atoms with Gasteiger partial charge in [0.1, 0.15) is 5.82 Å². The third kappa shape index (κ3) is 4.47. The van der Waals surface area contributed by atoms with Gasteiger partial charge in [-0.1, -0.05) is 65.7 Å². The summed E-state index contributed by atoms with van der Waals surface area (Å²) in [5, 5.41) is 9.98. The van der Waals surface area contributed by atoms with E-state index in [-0.39, 0.29) is 16.9 Å². The van der Waals surface area contributed by atoms with Gasteiger partial charge in [0.2, 0.25) is 10.0 Å². The molecule has 0 spiro atoms. The Morgan fingerprint density at radius 2 is 1.61 bits per heavy atom. The standard InChI is InChI=1S/C26H24FNO4S/c1-17-9-11-22(12-10-17)33(31,32)28-24(19-6-4-8-21(27)16-19)14-13-23(26(29)30)25(28)20-7-3-5-18(2)15-20/h3-13,15-16,24-25H,14H2,1-2H3,(H,29,30)/t24-,25-/m0/s1. The lowest BCUT2D eigenvalue weighted by Crippen LogP contribution is -2.42. The number of sulfonamides is 1. The first-order valence-electron chi connectivity index (χ1n) is 10.5. The molecule has 3 aromatic rings. The second-order valence-corrected chi connectivity index (χ2v) is 10.1. The summed E-state index contributed by atoms with van der Waals surface area (Å²) in [5.41, 5.74) is 2.75. The number of carboxylic acid groups (broad SMARTS) is 1. The number of carbonyl (C=O) groups is 1. The van der Waals surface area contributed by atoms with E-state index in [2.05, 4.69) is 0 Å². The fourth-order valence-electron chi connectivity index (χ4n) is 4.28. The molecule has 33 heavy (non-hydrogen) atoms. The molecule has 0 aliphatic carbocycles. The number of hydrogen-bond donors (Lipinski definition) is 1. The molecule has 7 heteroatoms. The molecule has 0 saturated heterocycles. The van der Waals surface area contributed by atoms with E-state index >= 15 is 0 Å². The highest BCUT2D eigenvalue weighted by atomic mass is 32.2. The SMILES string of the molecule is Cc1ccc(S(=O)(=O)N2[C@@H](c3cccc(C)c3)C(C(=O)O)=CC[C@H]2c2cccc(F)c2)cc1. The molecule has 1 N–H and O–H groups in total. The van der Waals surface area contributed by atoms with E-state index < -0.39 is 33.9 Å². The van der Waals surface area contributed by atoms with Crippen LogP contribution in [-0.2, 0) is 14.8 Å². The van der Waals surface area contributed by atoms with Gasteiger partial charge < -0.3 is 5.11 Å². The summed E-state index contributed by atoms with van der Waals surface area (Å²) in [5.74, 6) is -1.68. The average molecular weight is 466 g/mol. The van der Waals surface area contributed by atoms with Crippen LogP contribution in [-0.4, -0.2) is 23.8 Å². The molecule has 0 unspecified atom stereocenters. The van der Waals surface area contributed by atoms with Gasteiger partial charge in [-0.05, 0) is 55.7 Å². The molecule has 0 aromatic heterocycles. The molecule has 0 saturated carbocycles. The molecule has 0 amide bonds. The molecule has 5 nitrogen and oxygen atoms in total. The number of hydrogen-bond acceptors (Lipinski definition) is 3. The second kappa shape index (κ2) is 8.92. The predicted molar refractivity (Wildman–Crippen MR) is 124 cm³/mol. The van der Waals surface area contributed by atoms with Gasteiger partial charge in [0.15, 0.2) is 0 Å². The lowest BCUT2D eigenvalue weighted by molar-refractivity contribution is -0.133. The van der Waals surface area contributed by atoms with E-state index in [1.807, 2.05) is 19.9 Å². The highest BCUT2D eigenvalue weighted by molar-refractivity contribution is 7.89. The third-order valence-electron chi connectivity index (χ3n) is 5.85. The minimum atomic E-state index is -4.16. The van der Waals surface area contributed by atoms with E-state index in [9.17, 15) is 22.7 Å². The first-order valence-corrected chi connectivity index (χ1v) is 12.0. The highest BCUT2D eigenvalue weighted by Crippen LogP contribution is 2.45. The van der Waals surface area contributed by atoms with Crippen LogP contribution in [0, 0.1) is 19.7 Å². The molecule has 2 atom stereocenters. The minimum absolute atomic E-state index is 0.0241. The fraction of sp³-hybridized carbons (Fsp3) is 0.192. The predicted octanol–water partition coefficient (Wildman–Crippen LogP) is 5.33. The van der Waals surface area contributed by atoms with Crippen molar-refractivity contribution in [3.63, 3.8) is 0 Å². The van der Waals surface area contributed by atoms with Crippen molar-refractivity contribution in [2.45, 2.75) is 37.2 Å². The van der Waals surface area contributed by atoms with Gasteiger partial charge in [0, 0.05) is 0 Å². The van der Waals surface area contributed by atoms with Crippen molar-refractivity contribution in [2.75, 3.05) is 0 Å². The zero-order chi connectivity index (χ0) is 23.8. The number of benzene rings is 3. The number of rotatable bonds is 5. The van der Waals surface area contributed by atoms with E-state index in [1.54, 1.807) is 42.5 Å². The Kier molecular flexibility index (Phi) is 6.19. The Bertz CT molecular complexity index is 1330. The van der Waals surface area contributed by atoms with Crippen molar-refractivity contribution in [3.8, 4) is 0 Å². The Hall–Kier alpha value is -3.29. The normalized spacial score (nSPS) is 19.2. The van der Waals surface area contributed by atoms with Crippen molar-refractivity contribution >= 4 is 16.0 Å². The molecule has 1 aliphatic rings. The van der Waals surface area contributed by atoms with Gasteiger partial charge in [-0.15, -0.1) is 0 Å². The van der Waals surface area contributed by atoms with Gasteiger partial charge in [0.05, 0.1) is 22.6 Å². The molecule has 0 fully saturated rings. The topological polar surface area (TPSA) is 74.7 Å². The number of aliphatic carboxylic acids is 1. The molecule has 3 aromatic carbocycles. The Balaban J connectivity index is 1.98. The molecule has 1 aliphatic heterocycles. The molecule has 0 bridgehead atoms. The Labute approximate surface area is 192 Å². The molecular weight excluding hydrogens is 441 g/mol.